The lowest BCUT2D eigenvalue weighted by atomic mass is 9.80. The Bertz CT molecular complexity index is 1050. The van der Waals surface area contributed by atoms with E-state index in [0.717, 1.165) is 12.1 Å². The summed E-state index contributed by atoms with van der Waals surface area (Å²) in [5, 5.41) is 9.64. The van der Waals surface area contributed by atoms with Gasteiger partial charge in [-0.3, -0.25) is 4.90 Å². The highest BCUT2D eigenvalue weighted by Gasteiger charge is 2.60. The summed E-state index contributed by atoms with van der Waals surface area (Å²) in [7, 11) is -4.16. The van der Waals surface area contributed by atoms with Gasteiger partial charge in [-0.15, -0.1) is 0 Å². The molecule has 2 aromatic carbocycles. The van der Waals surface area contributed by atoms with Crippen LogP contribution in [0.1, 0.15) is 24.8 Å². The fourth-order valence-electron chi connectivity index (χ4n) is 4.74. The molecular formula is C21H22ClF2NO4S. The predicted octanol–water partition coefficient (Wildman–Crippen LogP) is 3.53. The van der Waals surface area contributed by atoms with Crippen molar-refractivity contribution in [3.63, 3.8) is 0 Å². The lowest BCUT2D eigenvalue weighted by Crippen LogP contribution is -2.63. The second kappa shape index (κ2) is 8.07. The number of aliphatic hydroxyl groups is 1. The summed E-state index contributed by atoms with van der Waals surface area (Å²) < 4.78 is 61.7. The number of benzene rings is 2. The molecule has 1 saturated heterocycles. The number of aliphatic hydroxyl groups excluding tert-OH is 1. The Hall–Kier alpha value is -1.74. The Kier molecular flexibility index (Phi) is 5.78. The zero-order valence-corrected chi connectivity index (χ0v) is 17.7. The second-order valence-corrected chi connectivity index (χ2v) is 10.3. The number of piperidine rings is 1. The molecule has 1 N–H and O–H groups in total. The number of hydrogen-bond donors (Lipinski definition) is 1. The van der Waals surface area contributed by atoms with Gasteiger partial charge in [0.1, 0.15) is 17.2 Å². The highest BCUT2D eigenvalue weighted by molar-refractivity contribution is 7.92. The van der Waals surface area contributed by atoms with Gasteiger partial charge in [0.15, 0.2) is 21.4 Å². The van der Waals surface area contributed by atoms with E-state index in [4.69, 9.17) is 16.3 Å². The summed E-state index contributed by atoms with van der Waals surface area (Å²) in [6.07, 6.45) is 1.05. The van der Waals surface area contributed by atoms with E-state index in [9.17, 15) is 17.9 Å². The summed E-state index contributed by atoms with van der Waals surface area (Å²) in [4.78, 5) is 1.90. The van der Waals surface area contributed by atoms with Crippen LogP contribution in [-0.4, -0.2) is 50.8 Å². The van der Waals surface area contributed by atoms with Crippen LogP contribution in [0, 0.1) is 11.6 Å². The van der Waals surface area contributed by atoms with Gasteiger partial charge in [-0.2, -0.15) is 0 Å². The van der Waals surface area contributed by atoms with Gasteiger partial charge in [0.25, 0.3) is 0 Å². The molecule has 0 amide bonds. The number of fused-ring (bicyclic) bond motifs is 3. The maximum absolute atomic E-state index is 15.2. The minimum atomic E-state index is -4.16. The molecule has 2 atom stereocenters. The van der Waals surface area contributed by atoms with Crippen LogP contribution in [0.4, 0.5) is 8.78 Å². The molecule has 0 bridgehead atoms. The van der Waals surface area contributed by atoms with Crippen molar-refractivity contribution in [1.82, 2.24) is 4.90 Å². The summed E-state index contributed by atoms with van der Waals surface area (Å²) >= 11 is 5.93. The molecule has 2 unspecified atom stereocenters. The van der Waals surface area contributed by atoms with Crippen molar-refractivity contribution in [1.29, 1.82) is 0 Å². The molecule has 9 heteroatoms. The lowest BCUT2D eigenvalue weighted by Gasteiger charge is -2.52. The van der Waals surface area contributed by atoms with Crippen molar-refractivity contribution < 1.29 is 27.0 Å². The fraction of sp³-hybridized carbons (Fsp3) is 0.429. The molecule has 4 rings (SSSR count). The number of hydrogen-bond acceptors (Lipinski definition) is 5. The number of ether oxygens (including phenoxy) is 1. The van der Waals surface area contributed by atoms with E-state index in [1.54, 1.807) is 0 Å². The van der Waals surface area contributed by atoms with Crippen LogP contribution in [0.15, 0.2) is 41.3 Å². The Morgan fingerprint density at radius 1 is 1.17 bits per heavy atom. The molecule has 2 aromatic rings. The minimum absolute atomic E-state index is 0.00239. The van der Waals surface area contributed by atoms with Crippen LogP contribution < -0.4 is 4.74 Å². The van der Waals surface area contributed by atoms with Gasteiger partial charge in [0.2, 0.25) is 0 Å². The van der Waals surface area contributed by atoms with E-state index in [1.807, 2.05) is 4.90 Å². The van der Waals surface area contributed by atoms with E-state index in [0.29, 0.717) is 31.0 Å². The highest BCUT2D eigenvalue weighted by atomic mass is 35.5. The molecule has 0 aromatic heterocycles. The van der Waals surface area contributed by atoms with E-state index >= 15 is 4.39 Å². The van der Waals surface area contributed by atoms with Crippen molar-refractivity contribution in [2.24, 2.45) is 0 Å². The highest BCUT2D eigenvalue weighted by Crippen LogP contribution is 2.53. The average Bonchev–Trinajstić information content (AvgIpc) is 2.74. The van der Waals surface area contributed by atoms with Gasteiger partial charge >= 0.3 is 0 Å². The van der Waals surface area contributed by atoms with Crippen molar-refractivity contribution in [2.45, 2.75) is 34.9 Å². The molecule has 0 aliphatic carbocycles. The molecule has 2 heterocycles. The van der Waals surface area contributed by atoms with Gasteiger partial charge in [-0.25, -0.2) is 17.2 Å². The zero-order chi connectivity index (χ0) is 21.5. The fourth-order valence-corrected chi connectivity index (χ4v) is 7.23. The van der Waals surface area contributed by atoms with Crippen LogP contribution in [0.3, 0.4) is 0 Å². The summed E-state index contributed by atoms with van der Waals surface area (Å²) in [5.41, 5.74) is -0.248. The smallest absolute Gasteiger partial charge is 0.190 e. The molecule has 2 aliphatic heterocycles. The molecule has 0 spiro atoms. The molecule has 162 valence electrons. The van der Waals surface area contributed by atoms with E-state index in [-0.39, 0.29) is 35.8 Å². The summed E-state index contributed by atoms with van der Waals surface area (Å²) in [6.45, 7) is 0.860. The van der Waals surface area contributed by atoms with Gasteiger partial charge in [-0.1, -0.05) is 11.6 Å². The van der Waals surface area contributed by atoms with E-state index in [2.05, 4.69) is 0 Å². The first-order valence-electron chi connectivity index (χ1n) is 9.79. The summed E-state index contributed by atoms with van der Waals surface area (Å²) in [6, 6.07) is 6.89. The van der Waals surface area contributed by atoms with Gasteiger partial charge in [0.05, 0.1) is 16.5 Å². The first kappa shape index (κ1) is 21.5. The average molecular weight is 458 g/mol. The standard InChI is InChI=1S/C21H22ClF2NO4S/c22-14-3-5-15(6-4-14)30(27,28)21-9-1-10-25(11-2-12-26)18(21)13-29-20-17(24)8-7-16(23)19(20)21/h3-8,18,26H,1-2,9-13H2. The van der Waals surface area contributed by atoms with Crippen LogP contribution in [0.5, 0.6) is 5.75 Å². The van der Waals surface area contributed by atoms with Gasteiger partial charge in [-0.05, 0) is 62.2 Å². The molecule has 0 saturated carbocycles. The third-order valence-corrected chi connectivity index (χ3v) is 8.83. The lowest BCUT2D eigenvalue weighted by molar-refractivity contribution is 0.0401. The second-order valence-electron chi connectivity index (χ2n) is 7.62. The van der Waals surface area contributed by atoms with E-state index < -0.39 is 32.3 Å². The molecule has 30 heavy (non-hydrogen) atoms. The van der Waals surface area contributed by atoms with E-state index in [1.165, 1.54) is 24.3 Å². The monoisotopic (exact) mass is 457 g/mol. The van der Waals surface area contributed by atoms with Crippen LogP contribution in [-0.2, 0) is 14.6 Å². The molecule has 0 radical (unpaired) electrons. The van der Waals surface area contributed by atoms with Gasteiger partial charge < -0.3 is 9.84 Å². The molecule has 5 nitrogen and oxygen atoms in total. The number of nitrogens with zero attached hydrogens (tertiary/aromatic N) is 1. The Morgan fingerprint density at radius 2 is 1.87 bits per heavy atom. The maximum Gasteiger partial charge on any atom is 0.190 e. The third-order valence-electron chi connectivity index (χ3n) is 6.05. The number of likely N-dealkylation sites (tertiary alicyclic amines) is 1. The summed E-state index contributed by atoms with van der Waals surface area (Å²) in [5.74, 6) is -1.94. The Labute approximate surface area is 179 Å². The zero-order valence-electron chi connectivity index (χ0n) is 16.2. The molecular weight excluding hydrogens is 436 g/mol. The topological polar surface area (TPSA) is 66.8 Å². The van der Waals surface area contributed by atoms with Crippen molar-refractivity contribution in [3.05, 3.63) is 58.6 Å². The minimum Gasteiger partial charge on any atom is -0.488 e. The van der Waals surface area contributed by atoms with Crippen molar-refractivity contribution >= 4 is 21.4 Å². The van der Waals surface area contributed by atoms with Crippen molar-refractivity contribution in [3.8, 4) is 5.75 Å². The van der Waals surface area contributed by atoms with Crippen LogP contribution in [0.2, 0.25) is 5.02 Å². The quantitative estimate of drug-likeness (QED) is 0.744. The maximum atomic E-state index is 15.2. The Morgan fingerprint density at radius 3 is 2.57 bits per heavy atom. The largest absolute Gasteiger partial charge is 0.488 e. The number of halogens is 3. The SMILES string of the molecule is O=S(=O)(c1ccc(Cl)cc1)C12CCCN(CCCO)C1COc1c(F)ccc(F)c12. The predicted molar refractivity (Wildman–Crippen MR) is 108 cm³/mol. The first-order valence-corrected chi connectivity index (χ1v) is 11.7. The van der Waals surface area contributed by atoms with Crippen LogP contribution >= 0.6 is 11.6 Å². The molecule has 2 aliphatic rings. The van der Waals surface area contributed by atoms with Gasteiger partial charge in [0, 0.05) is 18.2 Å². The third kappa shape index (κ3) is 3.21. The first-order chi connectivity index (χ1) is 14.3. The normalized spacial score (nSPS) is 24.1. The Balaban J connectivity index is 1.97. The molecule has 1 fully saturated rings. The van der Waals surface area contributed by atoms with Crippen molar-refractivity contribution in [2.75, 3.05) is 26.3 Å². The van der Waals surface area contributed by atoms with Crippen LogP contribution in [0.25, 0.3) is 0 Å². The number of rotatable bonds is 5. The number of sulfone groups is 1.